The normalized spacial score (nSPS) is 13.7. The molecule has 0 unspecified atom stereocenters. The fourth-order valence-corrected chi connectivity index (χ4v) is 2.64. The van der Waals surface area contributed by atoms with Crippen molar-refractivity contribution in [1.82, 2.24) is 10.3 Å². The van der Waals surface area contributed by atoms with Crippen LogP contribution in [0.3, 0.4) is 0 Å². The average molecular weight is 337 g/mol. The molecule has 3 aromatic rings. The van der Waals surface area contributed by atoms with E-state index in [2.05, 4.69) is 15.6 Å². The van der Waals surface area contributed by atoms with Crippen molar-refractivity contribution in [2.75, 3.05) is 18.5 Å². The molecule has 0 bridgehead atoms. The Morgan fingerprint density at radius 1 is 1.12 bits per heavy atom. The summed E-state index contributed by atoms with van der Waals surface area (Å²) in [5, 5.41) is 10.4. The van der Waals surface area contributed by atoms with Gasteiger partial charge < -0.3 is 14.8 Å². The molecule has 0 atom stereocenters. The Morgan fingerprint density at radius 2 is 1.96 bits per heavy atom. The van der Waals surface area contributed by atoms with Gasteiger partial charge in [0, 0.05) is 6.08 Å². The third kappa shape index (κ3) is 3.03. The van der Waals surface area contributed by atoms with Crippen molar-refractivity contribution in [3.8, 4) is 11.5 Å². The monoisotopic (exact) mass is 337 g/mol. The summed E-state index contributed by atoms with van der Waals surface area (Å²) in [5.41, 5.74) is 3.35. The number of nitrogens with zero attached hydrogens (tertiary/aromatic N) is 2. The Balaban J connectivity index is 1.55. The maximum atomic E-state index is 12.3. The van der Waals surface area contributed by atoms with Crippen LogP contribution in [-0.4, -0.2) is 29.4 Å². The van der Waals surface area contributed by atoms with E-state index in [0.29, 0.717) is 35.7 Å². The Morgan fingerprint density at radius 3 is 2.84 bits per heavy atom. The molecule has 0 aliphatic carbocycles. The van der Waals surface area contributed by atoms with Crippen LogP contribution in [-0.2, 0) is 4.79 Å². The van der Waals surface area contributed by atoms with Crippen LogP contribution in [0.4, 0.5) is 5.69 Å². The lowest BCUT2D eigenvalue weighted by Gasteiger charge is -2.19. The second kappa shape index (κ2) is 6.27. The molecule has 0 saturated carbocycles. The van der Waals surface area contributed by atoms with Gasteiger partial charge >= 0.3 is 0 Å². The molecule has 1 aliphatic rings. The van der Waals surface area contributed by atoms with Crippen LogP contribution >= 0.6 is 0 Å². The lowest BCUT2D eigenvalue weighted by atomic mass is 10.1. The minimum Gasteiger partial charge on any atom is -0.486 e. The molecule has 25 heavy (non-hydrogen) atoms. The quantitative estimate of drug-likeness (QED) is 0.739. The maximum absolute atomic E-state index is 12.3. The molecular weight excluding hydrogens is 322 g/mol. The molecule has 1 N–H and O–H groups in total. The van der Waals surface area contributed by atoms with Crippen molar-refractivity contribution in [2.24, 2.45) is 0 Å². The van der Waals surface area contributed by atoms with Gasteiger partial charge in [-0.1, -0.05) is 12.1 Å². The summed E-state index contributed by atoms with van der Waals surface area (Å²) in [6, 6.07) is 10.9. The molecule has 7 heteroatoms. The lowest BCUT2D eigenvalue weighted by molar-refractivity contribution is -0.111. The Hall–Kier alpha value is -3.35. The molecule has 4 rings (SSSR count). The summed E-state index contributed by atoms with van der Waals surface area (Å²) in [5.74, 6) is 1.15. The van der Waals surface area contributed by atoms with Crippen LogP contribution in [0.25, 0.3) is 16.6 Å². The smallest absolute Gasteiger partial charge is 0.248 e. The van der Waals surface area contributed by atoms with Gasteiger partial charge in [-0.25, -0.2) is 4.63 Å². The topological polar surface area (TPSA) is 86.5 Å². The van der Waals surface area contributed by atoms with E-state index in [1.54, 1.807) is 18.2 Å². The zero-order valence-corrected chi connectivity index (χ0v) is 13.5. The standard InChI is InChI=1S/C18H15N3O4/c1-11(12-5-6-15-16(10-12)24-8-7-23-15)9-17(22)19-13-3-2-4-14-18(13)21-25-20-14/h2-6,9-10H,7-8H2,1H3,(H,19,22). The predicted octanol–water partition coefficient (Wildman–Crippen LogP) is 3.04. The number of anilines is 1. The van der Waals surface area contributed by atoms with Crippen LogP contribution < -0.4 is 14.8 Å². The number of ether oxygens (including phenoxy) is 2. The van der Waals surface area contributed by atoms with E-state index in [1.165, 1.54) is 6.08 Å². The van der Waals surface area contributed by atoms with Crippen LogP contribution in [0.2, 0.25) is 0 Å². The summed E-state index contributed by atoms with van der Waals surface area (Å²) >= 11 is 0. The van der Waals surface area contributed by atoms with E-state index in [9.17, 15) is 4.79 Å². The molecule has 1 amide bonds. The molecule has 2 aromatic carbocycles. The molecule has 0 fully saturated rings. The van der Waals surface area contributed by atoms with Crippen molar-refractivity contribution in [2.45, 2.75) is 6.92 Å². The first-order chi connectivity index (χ1) is 12.2. The van der Waals surface area contributed by atoms with Crippen molar-refractivity contribution in [1.29, 1.82) is 0 Å². The fraction of sp³-hybridized carbons (Fsp3) is 0.167. The second-order valence-corrected chi connectivity index (χ2v) is 5.61. The highest BCUT2D eigenvalue weighted by Gasteiger charge is 2.13. The van der Waals surface area contributed by atoms with E-state index in [1.807, 2.05) is 25.1 Å². The zero-order valence-electron chi connectivity index (χ0n) is 13.5. The molecular formula is C18H15N3O4. The van der Waals surface area contributed by atoms with Gasteiger partial charge in [0.15, 0.2) is 17.0 Å². The zero-order chi connectivity index (χ0) is 17.2. The number of rotatable bonds is 3. The number of carbonyl (C=O) groups excluding carboxylic acids is 1. The fourth-order valence-electron chi connectivity index (χ4n) is 2.64. The van der Waals surface area contributed by atoms with Gasteiger partial charge in [0.1, 0.15) is 18.7 Å². The van der Waals surface area contributed by atoms with Crippen molar-refractivity contribution < 1.29 is 18.9 Å². The van der Waals surface area contributed by atoms with Crippen molar-refractivity contribution in [3.05, 3.63) is 48.0 Å². The van der Waals surface area contributed by atoms with Gasteiger partial charge in [-0.05, 0) is 52.6 Å². The number of hydrogen-bond donors (Lipinski definition) is 1. The van der Waals surface area contributed by atoms with E-state index in [0.717, 1.165) is 16.9 Å². The van der Waals surface area contributed by atoms with Crippen LogP contribution in [0, 0.1) is 0 Å². The van der Waals surface area contributed by atoms with Gasteiger partial charge in [-0.2, -0.15) is 0 Å². The first-order valence-electron chi connectivity index (χ1n) is 7.81. The summed E-state index contributed by atoms with van der Waals surface area (Å²) in [4.78, 5) is 12.3. The lowest BCUT2D eigenvalue weighted by Crippen LogP contribution is -2.15. The number of benzene rings is 2. The molecule has 2 heterocycles. The number of carbonyl (C=O) groups is 1. The van der Waals surface area contributed by atoms with Crippen LogP contribution in [0.5, 0.6) is 11.5 Å². The number of aromatic nitrogens is 2. The van der Waals surface area contributed by atoms with Crippen molar-refractivity contribution >= 4 is 28.2 Å². The first kappa shape index (κ1) is 15.2. The van der Waals surface area contributed by atoms with E-state index in [-0.39, 0.29) is 5.91 Å². The molecule has 1 aliphatic heterocycles. The van der Waals surface area contributed by atoms with E-state index in [4.69, 9.17) is 14.1 Å². The average Bonchev–Trinajstić information content (AvgIpc) is 3.11. The Kier molecular flexibility index (Phi) is 3.81. The van der Waals surface area contributed by atoms with Gasteiger partial charge in [0.05, 0.1) is 5.69 Å². The number of nitrogens with one attached hydrogen (secondary N) is 1. The summed E-state index contributed by atoms with van der Waals surface area (Å²) in [6.45, 7) is 2.94. The Labute approximate surface area is 143 Å². The third-order valence-corrected chi connectivity index (χ3v) is 3.89. The van der Waals surface area contributed by atoms with Gasteiger partial charge in [0.2, 0.25) is 5.91 Å². The van der Waals surface area contributed by atoms with Crippen LogP contribution in [0.15, 0.2) is 47.1 Å². The molecule has 0 spiro atoms. The summed E-state index contributed by atoms with van der Waals surface area (Å²) in [6.07, 6.45) is 1.53. The summed E-state index contributed by atoms with van der Waals surface area (Å²) < 4.78 is 15.8. The number of allylic oxidation sites excluding steroid dienone is 1. The highest BCUT2D eigenvalue weighted by atomic mass is 16.6. The maximum Gasteiger partial charge on any atom is 0.248 e. The number of amides is 1. The second-order valence-electron chi connectivity index (χ2n) is 5.61. The largest absolute Gasteiger partial charge is 0.486 e. The van der Waals surface area contributed by atoms with Crippen LogP contribution in [0.1, 0.15) is 12.5 Å². The highest BCUT2D eigenvalue weighted by Crippen LogP contribution is 2.32. The first-order valence-corrected chi connectivity index (χ1v) is 7.81. The third-order valence-electron chi connectivity index (χ3n) is 3.89. The minimum absolute atomic E-state index is 0.261. The predicted molar refractivity (Wildman–Crippen MR) is 91.5 cm³/mol. The number of fused-ring (bicyclic) bond motifs is 2. The van der Waals surface area contributed by atoms with Crippen molar-refractivity contribution in [3.63, 3.8) is 0 Å². The molecule has 1 aromatic heterocycles. The molecule has 7 nitrogen and oxygen atoms in total. The summed E-state index contributed by atoms with van der Waals surface area (Å²) in [7, 11) is 0. The molecule has 0 radical (unpaired) electrons. The van der Waals surface area contributed by atoms with E-state index < -0.39 is 0 Å². The molecule has 126 valence electrons. The number of hydrogen-bond acceptors (Lipinski definition) is 6. The SMILES string of the molecule is CC(=CC(=O)Nc1cccc2nonc12)c1ccc2c(c1)OCCO2. The van der Waals surface area contributed by atoms with Gasteiger partial charge in [0.25, 0.3) is 0 Å². The molecule has 0 saturated heterocycles. The van der Waals surface area contributed by atoms with Gasteiger partial charge in [-0.15, -0.1) is 0 Å². The highest BCUT2D eigenvalue weighted by molar-refractivity contribution is 6.07. The minimum atomic E-state index is -0.261. The van der Waals surface area contributed by atoms with E-state index >= 15 is 0 Å². The Bertz CT molecular complexity index is 977. The van der Waals surface area contributed by atoms with Gasteiger partial charge in [-0.3, -0.25) is 4.79 Å².